The summed E-state index contributed by atoms with van der Waals surface area (Å²) in [7, 11) is 9.40. The van der Waals surface area contributed by atoms with Gasteiger partial charge in [0.05, 0.1) is 11.4 Å². The summed E-state index contributed by atoms with van der Waals surface area (Å²) in [6.45, 7) is 13.9. The second kappa shape index (κ2) is 8.14. The van der Waals surface area contributed by atoms with Crippen LogP contribution in [0.3, 0.4) is 0 Å². The first-order chi connectivity index (χ1) is 10.6. The quantitative estimate of drug-likeness (QED) is 0.513. The molecule has 0 bridgehead atoms. The number of nitrogens with zero attached hydrogens (tertiary/aromatic N) is 2. The molecule has 2 rings (SSSR count). The Balaban J connectivity index is 0.000000816. The molecule has 0 saturated heterocycles. The molecule has 0 radical (unpaired) electrons. The Morgan fingerprint density at radius 2 is 1.61 bits per heavy atom. The van der Waals surface area contributed by atoms with Gasteiger partial charge < -0.3 is 0 Å². The van der Waals surface area contributed by atoms with E-state index in [4.69, 9.17) is 20.4 Å². The van der Waals surface area contributed by atoms with E-state index in [-0.39, 0.29) is 16.2 Å². The number of halogens is 2. The topological polar surface area (TPSA) is 25.2 Å². The molecule has 0 fully saturated rings. The first-order valence-electron chi connectivity index (χ1n) is 7.57. The Bertz CT molecular complexity index is 541. The number of aliphatic imine (C=N–C) groups is 1. The molecule has 1 aliphatic heterocycles. The van der Waals surface area contributed by atoms with Crippen molar-refractivity contribution in [1.82, 2.24) is 4.98 Å². The van der Waals surface area contributed by atoms with Gasteiger partial charge >= 0.3 is 33.0 Å². The first kappa shape index (κ1) is 20.7. The van der Waals surface area contributed by atoms with Gasteiger partial charge in [0.25, 0.3) is 0 Å². The summed E-state index contributed by atoms with van der Waals surface area (Å²) in [5.41, 5.74) is 2.50. The van der Waals surface area contributed by atoms with Crippen LogP contribution >= 0.6 is 20.4 Å². The third-order valence-electron chi connectivity index (χ3n) is 4.67. The van der Waals surface area contributed by atoms with Crippen molar-refractivity contribution >= 4 is 26.1 Å². The van der Waals surface area contributed by atoms with Crippen LogP contribution in [-0.2, 0) is 12.7 Å². The molecular formula is C18H26Cl2N2Ni. The van der Waals surface area contributed by atoms with Crippen LogP contribution in [0.15, 0.2) is 41.7 Å². The zero-order valence-electron chi connectivity index (χ0n) is 14.6. The Morgan fingerprint density at radius 3 is 2.04 bits per heavy atom. The van der Waals surface area contributed by atoms with Gasteiger partial charge in [-0.05, 0) is 23.0 Å². The van der Waals surface area contributed by atoms with E-state index in [2.05, 4.69) is 57.6 Å². The Labute approximate surface area is 155 Å². The zero-order valence-corrected chi connectivity index (χ0v) is 17.1. The SMILES string of the molecule is CC(C)(C)C1(C(C)(C)C)C=CN=C(c2ccccn2)C1.[Cl][Ni][Cl]. The van der Waals surface area contributed by atoms with Gasteiger partial charge in [-0.1, -0.05) is 53.7 Å². The van der Waals surface area contributed by atoms with E-state index < -0.39 is 0 Å². The van der Waals surface area contributed by atoms with Gasteiger partial charge in [0.1, 0.15) is 0 Å². The molecule has 0 unspecified atom stereocenters. The third-order valence-corrected chi connectivity index (χ3v) is 4.67. The van der Waals surface area contributed by atoms with Crippen molar-refractivity contribution in [3.05, 3.63) is 42.4 Å². The number of hydrogen-bond donors (Lipinski definition) is 0. The van der Waals surface area contributed by atoms with E-state index >= 15 is 0 Å². The molecule has 0 aromatic carbocycles. The molecule has 0 saturated carbocycles. The number of aromatic nitrogens is 1. The van der Waals surface area contributed by atoms with Gasteiger partial charge in [0.15, 0.2) is 0 Å². The second-order valence-corrected chi connectivity index (χ2v) is 9.43. The van der Waals surface area contributed by atoms with E-state index in [1.807, 2.05) is 30.6 Å². The predicted octanol–water partition coefficient (Wildman–Crippen LogP) is 6.24. The van der Waals surface area contributed by atoms with Crippen LogP contribution in [0.4, 0.5) is 0 Å². The number of pyridine rings is 1. The molecule has 5 heteroatoms. The summed E-state index contributed by atoms with van der Waals surface area (Å²) in [4.78, 5) is 9.06. The molecule has 0 amide bonds. The Hall–Kier alpha value is -0.366. The summed E-state index contributed by atoms with van der Waals surface area (Å²) in [6.07, 6.45) is 7.06. The van der Waals surface area contributed by atoms with Crippen LogP contribution in [0, 0.1) is 16.2 Å². The Kier molecular flexibility index (Phi) is 7.32. The van der Waals surface area contributed by atoms with Gasteiger partial charge in [-0.2, -0.15) is 0 Å². The maximum absolute atomic E-state index is 4.70. The average molecular weight is 400 g/mol. The van der Waals surface area contributed by atoms with Crippen molar-refractivity contribution in [1.29, 1.82) is 0 Å². The standard InChI is InChI=1S/C18H26N2.2ClH.Ni/c1-16(2,3)18(17(4,5)6)10-12-20-15(13-18)14-9-7-8-11-19-14;;;/h7-12H,13H2,1-6H3;2*1H;/q;;;+2/p-2. The summed E-state index contributed by atoms with van der Waals surface area (Å²) >= 11 is 0.569. The number of allylic oxidation sites excluding steroid dienone is 1. The van der Waals surface area contributed by atoms with Gasteiger partial charge in [0, 0.05) is 24.2 Å². The first-order valence-corrected chi connectivity index (χ1v) is 10.3. The molecule has 132 valence electrons. The maximum atomic E-state index is 4.70. The van der Waals surface area contributed by atoms with E-state index in [9.17, 15) is 0 Å². The molecule has 1 aliphatic rings. The average Bonchev–Trinajstić information content (AvgIpc) is 2.47. The fourth-order valence-corrected chi connectivity index (χ4v) is 3.47. The fraction of sp³-hybridized carbons (Fsp3) is 0.556. The second-order valence-electron chi connectivity index (χ2n) is 7.80. The molecular weight excluding hydrogens is 374 g/mol. The van der Waals surface area contributed by atoms with Gasteiger partial charge in [-0.25, -0.2) is 0 Å². The molecule has 2 heterocycles. The van der Waals surface area contributed by atoms with Crippen LogP contribution in [-0.4, -0.2) is 10.7 Å². The van der Waals surface area contributed by atoms with Gasteiger partial charge in [0.2, 0.25) is 0 Å². The van der Waals surface area contributed by atoms with Crippen LogP contribution in [0.1, 0.15) is 53.7 Å². The molecule has 23 heavy (non-hydrogen) atoms. The summed E-state index contributed by atoms with van der Waals surface area (Å²) < 4.78 is 0. The van der Waals surface area contributed by atoms with Gasteiger partial charge in [-0.3, -0.25) is 9.98 Å². The molecule has 0 N–H and O–H groups in total. The van der Waals surface area contributed by atoms with Crippen molar-refractivity contribution in [3.8, 4) is 0 Å². The molecule has 2 nitrogen and oxygen atoms in total. The molecule has 0 aliphatic carbocycles. The molecule has 1 aromatic rings. The van der Waals surface area contributed by atoms with E-state index in [0.29, 0.717) is 12.7 Å². The van der Waals surface area contributed by atoms with E-state index in [0.717, 1.165) is 17.8 Å². The van der Waals surface area contributed by atoms with Crippen molar-refractivity contribution < 1.29 is 12.7 Å². The summed E-state index contributed by atoms with van der Waals surface area (Å²) in [5, 5.41) is 0. The van der Waals surface area contributed by atoms with Crippen molar-refractivity contribution in [2.45, 2.75) is 48.0 Å². The summed E-state index contributed by atoms with van der Waals surface area (Å²) in [6, 6.07) is 6.02. The van der Waals surface area contributed by atoms with Crippen molar-refractivity contribution in [2.24, 2.45) is 21.2 Å². The van der Waals surface area contributed by atoms with Crippen molar-refractivity contribution in [3.63, 3.8) is 0 Å². The monoisotopic (exact) mass is 398 g/mol. The van der Waals surface area contributed by atoms with Gasteiger partial charge in [-0.15, -0.1) is 0 Å². The fourth-order valence-electron chi connectivity index (χ4n) is 3.47. The van der Waals surface area contributed by atoms with Crippen LogP contribution in [0.5, 0.6) is 0 Å². The van der Waals surface area contributed by atoms with E-state index in [1.165, 1.54) is 0 Å². The summed E-state index contributed by atoms with van der Waals surface area (Å²) in [5.74, 6) is 0. The predicted molar refractivity (Wildman–Crippen MR) is 97.6 cm³/mol. The minimum absolute atomic E-state index is 0.0780. The molecule has 0 spiro atoms. The zero-order chi connectivity index (χ0) is 17.7. The molecule has 0 atom stereocenters. The normalized spacial score (nSPS) is 17.3. The Morgan fingerprint density at radius 1 is 1.04 bits per heavy atom. The number of hydrogen-bond acceptors (Lipinski definition) is 2. The van der Waals surface area contributed by atoms with Crippen LogP contribution in [0.2, 0.25) is 0 Å². The van der Waals surface area contributed by atoms with Crippen LogP contribution in [0.25, 0.3) is 0 Å². The third kappa shape index (κ3) is 4.81. The number of rotatable bonds is 1. The minimum atomic E-state index is 0.0780. The van der Waals surface area contributed by atoms with Crippen LogP contribution < -0.4 is 0 Å². The van der Waals surface area contributed by atoms with Crippen molar-refractivity contribution in [2.75, 3.05) is 0 Å². The van der Waals surface area contributed by atoms with E-state index in [1.54, 1.807) is 0 Å². The molecule has 1 aromatic heterocycles.